The maximum Gasteiger partial charge on any atom is 0.317 e. The van der Waals surface area contributed by atoms with Gasteiger partial charge in [-0.2, -0.15) is 0 Å². The van der Waals surface area contributed by atoms with Crippen molar-refractivity contribution in [2.45, 2.75) is 19.3 Å². The molecule has 1 aromatic carbocycles. The molecule has 0 aliphatic carbocycles. The summed E-state index contributed by atoms with van der Waals surface area (Å²) in [5.41, 5.74) is 0.822. The van der Waals surface area contributed by atoms with Gasteiger partial charge >= 0.3 is 5.97 Å². The first kappa shape index (κ1) is 10.5. The van der Waals surface area contributed by atoms with Crippen molar-refractivity contribution in [2.75, 3.05) is 0 Å². The van der Waals surface area contributed by atoms with Gasteiger partial charge in [-0.25, -0.2) is 0 Å². The lowest BCUT2D eigenvalue weighted by atomic mass is 9.82. The Hall–Kier alpha value is -1.57. The van der Waals surface area contributed by atoms with Crippen LogP contribution in [0.5, 0.6) is 0 Å². The van der Waals surface area contributed by atoms with Crippen molar-refractivity contribution in [1.82, 2.24) is 0 Å². The van der Waals surface area contributed by atoms with E-state index in [1.54, 1.807) is 6.92 Å². The van der Waals surface area contributed by atoms with Gasteiger partial charge in [-0.1, -0.05) is 35.9 Å². The molecule has 0 aliphatic rings. The highest BCUT2D eigenvalue weighted by atomic mass is 16.4. The van der Waals surface area contributed by atoms with Gasteiger partial charge in [0.15, 0.2) is 0 Å². The zero-order valence-corrected chi connectivity index (χ0v) is 8.45. The smallest absolute Gasteiger partial charge is 0.317 e. The van der Waals surface area contributed by atoms with E-state index in [4.69, 9.17) is 5.11 Å². The monoisotopic (exact) mass is 190 g/mol. The van der Waals surface area contributed by atoms with Crippen LogP contribution in [0.1, 0.15) is 18.1 Å². The van der Waals surface area contributed by atoms with Crippen molar-refractivity contribution in [3.63, 3.8) is 0 Å². The number of hydrogen-bond donors (Lipinski definition) is 1. The molecule has 0 aliphatic heterocycles. The van der Waals surface area contributed by atoms with Gasteiger partial charge < -0.3 is 5.11 Å². The average Bonchev–Trinajstić information content (AvgIpc) is 2.16. The van der Waals surface area contributed by atoms with E-state index in [1.165, 1.54) is 6.08 Å². The summed E-state index contributed by atoms with van der Waals surface area (Å²) >= 11 is 0. The lowest BCUT2D eigenvalue weighted by Crippen LogP contribution is -2.29. The number of aliphatic carboxylic acids is 1. The van der Waals surface area contributed by atoms with Crippen molar-refractivity contribution < 1.29 is 9.90 Å². The molecule has 1 atom stereocenters. The molecule has 0 saturated heterocycles. The molecule has 1 rings (SSSR count). The van der Waals surface area contributed by atoms with Gasteiger partial charge in [-0.3, -0.25) is 4.79 Å². The molecule has 0 saturated carbocycles. The van der Waals surface area contributed by atoms with Crippen LogP contribution in [0.4, 0.5) is 0 Å². The Morgan fingerprint density at radius 2 is 2.21 bits per heavy atom. The molecule has 0 fully saturated rings. The normalized spacial score (nSPS) is 14.4. The second-order valence-corrected chi connectivity index (χ2v) is 3.58. The van der Waals surface area contributed by atoms with Gasteiger partial charge in [-0.15, -0.1) is 6.58 Å². The number of rotatable bonds is 3. The van der Waals surface area contributed by atoms with Crippen LogP contribution >= 0.6 is 0 Å². The molecule has 0 unspecified atom stereocenters. The Kier molecular flexibility index (Phi) is 2.75. The van der Waals surface area contributed by atoms with Crippen molar-refractivity contribution in [2.24, 2.45) is 0 Å². The quantitative estimate of drug-likeness (QED) is 0.743. The summed E-state index contributed by atoms with van der Waals surface area (Å²) in [6, 6.07) is 7.48. The lowest BCUT2D eigenvalue weighted by Gasteiger charge is -2.21. The Morgan fingerprint density at radius 3 is 2.64 bits per heavy atom. The summed E-state index contributed by atoms with van der Waals surface area (Å²) < 4.78 is 0. The Morgan fingerprint density at radius 1 is 1.57 bits per heavy atom. The molecule has 2 nitrogen and oxygen atoms in total. The first-order valence-electron chi connectivity index (χ1n) is 4.45. The van der Waals surface area contributed by atoms with Gasteiger partial charge in [-0.05, 0) is 19.4 Å². The summed E-state index contributed by atoms with van der Waals surface area (Å²) in [6.07, 6.45) is 1.46. The summed E-state index contributed by atoms with van der Waals surface area (Å²) in [6.45, 7) is 7.17. The number of hydrogen-bond acceptors (Lipinski definition) is 1. The van der Waals surface area contributed by atoms with Crippen molar-refractivity contribution in [3.05, 3.63) is 48.0 Å². The van der Waals surface area contributed by atoms with E-state index in [0.717, 1.165) is 11.1 Å². The van der Waals surface area contributed by atoms with Gasteiger partial charge in [0.25, 0.3) is 0 Å². The molecule has 1 N–H and O–H groups in total. The fourth-order valence-electron chi connectivity index (χ4n) is 1.30. The standard InChI is InChI=1S/C12H14O2/c1-4-12(3,11(13)14)10-7-5-6-9(2)8-10/h4-8H,1H2,2-3H3,(H,13,14)/t12-/m0/s1. The molecular formula is C12H14O2. The third-order valence-corrected chi connectivity index (χ3v) is 2.47. The summed E-state index contributed by atoms with van der Waals surface area (Å²) in [7, 11) is 0. The van der Waals surface area contributed by atoms with Crippen LogP contribution in [-0.2, 0) is 10.2 Å². The van der Waals surface area contributed by atoms with Crippen molar-refractivity contribution in [1.29, 1.82) is 0 Å². The molecule has 0 amide bonds. The van der Waals surface area contributed by atoms with Gasteiger partial charge in [0, 0.05) is 0 Å². The van der Waals surface area contributed by atoms with Crippen LogP contribution in [0.25, 0.3) is 0 Å². The van der Waals surface area contributed by atoms with Crippen LogP contribution < -0.4 is 0 Å². The Bertz CT molecular complexity index is 368. The summed E-state index contributed by atoms with van der Waals surface area (Å²) in [4.78, 5) is 11.1. The molecular weight excluding hydrogens is 176 g/mol. The molecule has 0 spiro atoms. The molecule has 1 aromatic rings. The molecule has 14 heavy (non-hydrogen) atoms. The maximum atomic E-state index is 11.1. The minimum absolute atomic E-state index is 0.764. The number of aryl methyl sites for hydroxylation is 1. The van der Waals surface area contributed by atoms with E-state index in [2.05, 4.69) is 6.58 Å². The average molecular weight is 190 g/mol. The molecule has 2 heteroatoms. The maximum absolute atomic E-state index is 11.1. The van der Waals surface area contributed by atoms with E-state index in [9.17, 15) is 4.79 Å². The zero-order valence-electron chi connectivity index (χ0n) is 8.45. The molecule has 0 radical (unpaired) electrons. The first-order chi connectivity index (χ1) is 6.50. The fourth-order valence-corrected chi connectivity index (χ4v) is 1.30. The fraction of sp³-hybridized carbons (Fsp3) is 0.250. The number of carbonyl (C=O) groups is 1. The number of carboxylic acid groups (broad SMARTS) is 1. The SMILES string of the molecule is C=C[C@](C)(C(=O)O)c1cccc(C)c1. The minimum Gasteiger partial charge on any atom is -0.480 e. The van der Waals surface area contributed by atoms with E-state index in [1.807, 2.05) is 31.2 Å². The Labute approximate surface area is 83.9 Å². The second-order valence-electron chi connectivity index (χ2n) is 3.58. The molecule has 74 valence electrons. The molecule has 0 heterocycles. The highest BCUT2D eigenvalue weighted by Crippen LogP contribution is 2.25. The first-order valence-corrected chi connectivity index (χ1v) is 4.45. The third-order valence-electron chi connectivity index (χ3n) is 2.47. The third kappa shape index (κ3) is 1.69. The van der Waals surface area contributed by atoms with Crippen LogP contribution in [0.3, 0.4) is 0 Å². The highest BCUT2D eigenvalue weighted by molar-refractivity contribution is 5.83. The summed E-state index contributed by atoms with van der Waals surface area (Å²) in [5, 5.41) is 9.11. The predicted octanol–water partition coefficient (Wildman–Crippen LogP) is 2.52. The van der Waals surface area contributed by atoms with E-state index in [0.29, 0.717) is 0 Å². The van der Waals surface area contributed by atoms with Gasteiger partial charge in [0.05, 0.1) is 0 Å². The largest absolute Gasteiger partial charge is 0.480 e. The predicted molar refractivity (Wildman–Crippen MR) is 56.4 cm³/mol. The lowest BCUT2D eigenvalue weighted by molar-refractivity contribution is -0.141. The van der Waals surface area contributed by atoms with Crippen molar-refractivity contribution in [3.8, 4) is 0 Å². The van der Waals surface area contributed by atoms with Crippen LogP contribution in [-0.4, -0.2) is 11.1 Å². The molecule has 0 aromatic heterocycles. The van der Waals surface area contributed by atoms with Crippen LogP contribution in [0, 0.1) is 6.92 Å². The second kappa shape index (κ2) is 3.66. The minimum atomic E-state index is -0.994. The van der Waals surface area contributed by atoms with E-state index < -0.39 is 11.4 Å². The van der Waals surface area contributed by atoms with Crippen LogP contribution in [0.2, 0.25) is 0 Å². The van der Waals surface area contributed by atoms with Gasteiger partial charge in [0.1, 0.15) is 5.41 Å². The number of carboxylic acids is 1. The molecule has 0 bridgehead atoms. The Balaban J connectivity index is 3.26. The number of benzene rings is 1. The van der Waals surface area contributed by atoms with Crippen molar-refractivity contribution >= 4 is 5.97 Å². The van der Waals surface area contributed by atoms with E-state index in [-0.39, 0.29) is 0 Å². The highest BCUT2D eigenvalue weighted by Gasteiger charge is 2.31. The van der Waals surface area contributed by atoms with Gasteiger partial charge in [0.2, 0.25) is 0 Å². The van der Waals surface area contributed by atoms with Crippen LogP contribution in [0.15, 0.2) is 36.9 Å². The summed E-state index contributed by atoms with van der Waals surface area (Å²) in [5.74, 6) is -0.877. The zero-order chi connectivity index (χ0) is 10.8. The topological polar surface area (TPSA) is 37.3 Å². The van der Waals surface area contributed by atoms with E-state index >= 15 is 0 Å².